The average molecular weight is 361 g/mol. The van der Waals surface area contributed by atoms with Crippen molar-refractivity contribution in [2.45, 2.75) is 26.1 Å². The van der Waals surface area contributed by atoms with Crippen molar-refractivity contribution >= 4 is 12.2 Å². The minimum atomic E-state index is -0.743. The predicted molar refractivity (Wildman–Crippen MR) is 99.5 cm³/mol. The van der Waals surface area contributed by atoms with Crippen LogP contribution in [-0.4, -0.2) is 26.9 Å². The van der Waals surface area contributed by atoms with Gasteiger partial charge in [-0.3, -0.25) is 9.48 Å². The largest absolute Gasteiger partial charge is 0.437 e. The molecule has 1 amide bonds. The highest BCUT2D eigenvalue weighted by molar-refractivity contribution is 5.98. The molecule has 0 fully saturated rings. The molecule has 0 saturated heterocycles. The molecule has 1 aliphatic heterocycles. The Morgan fingerprint density at radius 2 is 1.85 bits per heavy atom. The summed E-state index contributed by atoms with van der Waals surface area (Å²) in [5.74, 6) is 0.514. The first-order chi connectivity index (χ1) is 13.2. The van der Waals surface area contributed by atoms with Gasteiger partial charge in [-0.2, -0.15) is 0 Å². The first-order valence-corrected chi connectivity index (χ1v) is 8.85. The maximum atomic E-state index is 13.3. The molecule has 2 heterocycles. The van der Waals surface area contributed by atoms with Crippen molar-refractivity contribution in [2.75, 3.05) is 0 Å². The number of rotatable bonds is 4. The fourth-order valence-electron chi connectivity index (χ4n) is 3.26. The maximum absolute atomic E-state index is 13.3. The van der Waals surface area contributed by atoms with Crippen LogP contribution in [0.5, 0.6) is 11.6 Å². The molecule has 1 aliphatic rings. The molecule has 1 unspecified atom stereocenters. The third-order valence-electron chi connectivity index (χ3n) is 4.65. The number of fused-ring (bicyclic) bond motifs is 2. The van der Waals surface area contributed by atoms with E-state index in [0.717, 1.165) is 11.8 Å². The molecule has 0 bridgehead atoms. The van der Waals surface area contributed by atoms with Crippen molar-refractivity contribution in [1.29, 1.82) is 0 Å². The molecule has 1 aromatic heterocycles. The van der Waals surface area contributed by atoms with E-state index in [0.29, 0.717) is 30.0 Å². The summed E-state index contributed by atoms with van der Waals surface area (Å²) < 4.78 is 7.59. The van der Waals surface area contributed by atoms with Crippen molar-refractivity contribution in [1.82, 2.24) is 14.7 Å². The van der Waals surface area contributed by atoms with Crippen LogP contribution in [0.2, 0.25) is 0 Å². The van der Waals surface area contributed by atoms with Gasteiger partial charge in [-0.05, 0) is 18.6 Å². The molecule has 0 aliphatic carbocycles. The molecule has 136 valence electrons. The summed E-state index contributed by atoms with van der Waals surface area (Å²) in [6, 6.07) is 16.1. The second-order valence-corrected chi connectivity index (χ2v) is 6.34. The Bertz CT molecular complexity index is 981. The van der Waals surface area contributed by atoms with E-state index >= 15 is 0 Å². The number of para-hydroxylation sites is 1. The minimum Gasteiger partial charge on any atom is -0.437 e. The van der Waals surface area contributed by atoms with Gasteiger partial charge < -0.3 is 14.4 Å². The summed E-state index contributed by atoms with van der Waals surface area (Å²) >= 11 is 0. The van der Waals surface area contributed by atoms with Gasteiger partial charge in [0.2, 0.25) is 0 Å². The Morgan fingerprint density at radius 1 is 1.11 bits per heavy atom. The molecule has 2 aromatic carbocycles. The Balaban J connectivity index is 1.87. The Hall–Kier alpha value is -3.41. The zero-order chi connectivity index (χ0) is 18.8. The predicted octanol–water partition coefficient (Wildman–Crippen LogP) is 3.59. The lowest BCUT2D eigenvalue weighted by molar-refractivity contribution is -0.112. The van der Waals surface area contributed by atoms with Gasteiger partial charge in [-0.25, -0.2) is 0 Å². The maximum Gasteiger partial charge on any atom is 0.262 e. The van der Waals surface area contributed by atoms with Crippen molar-refractivity contribution in [3.63, 3.8) is 0 Å². The quantitative estimate of drug-likeness (QED) is 0.666. The summed E-state index contributed by atoms with van der Waals surface area (Å²) in [5, 5.41) is 4.37. The van der Waals surface area contributed by atoms with Crippen LogP contribution in [0.3, 0.4) is 0 Å². The number of aromatic nitrogens is 2. The van der Waals surface area contributed by atoms with Crippen molar-refractivity contribution in [3.05, 3.63) is 77.5 Å². The van der Waals surface area contributed by atoms with Crippen molar-refractivity contribution < 1.29 is 14.3 Å². The van der Waals surface area contributed by atoms with Crippen LogP contribution in [0.4, 0.5) is 0 Å². The zero-order valence-corrected chi connectivity index (χ0v) is 14.9. The van der Waals surface area contributed by atoms with Crippen LogP contribution in [0, 0.1) is 0 Å². The molecule has 0 spiro atoms. The highest BCUT2D eigenvalue weighted by Gasteiger charge is 2.34. The molecule has 0 saturated carbocycles. The molecule has 27 heavy (non-hydrogen) atoms. The van der Waals surface area contributed by atoms with Gasteiger partial charge in [0.1, 0.15) is 23.6 Å². The number of aldehydes is 1. The van der Waals surface area contributed by atoms with Gasteiger partial charge in [0.25, 0.3) is 11.8 Å². The molecular weight excluding hydrogens is 342 g/mol. The third kappa shape index (κ3) is 3.10. The van der Waals surface area contributed by atoms with Gasteiger partial charge >= 0.3 is 0 Å². The smallest absolute Gasteiger partial charge is 0.262 e. The van der Waals surface area contributed by atoms with Crippen LogP contribution in [-0.2, 0) is 17.9 Å². The van der Waals surface area contributed by atoms with Crippen LogP contribution < -0.4 is 4.74 Å². The summed E-state index contributed by atoms with van der Waals surface area (Å²) in [6.07, 6.45) is 2.46. The van der Waals surface area contributed by atoms with E-state index in [1.165, 1.54) is 0 Å². The van der Waals surface area contributed by atoms with E-state index in [2.05, 4.69) is 5.10 Å². The lowest BCUT2D eigenvalue weighted by Gasteiger charge is -2.31. The van der Waals surface area contributed by atoms with E-state index in [9.17, 15) is 9.59 Å². The summed E-state index contributed by atoms with van der Waals surface area (Å²) in [4.78, 5) is 26.9. The van der Waals surface area contributed by atoms with E-state index in [1.807, 2.05) is 55.5 Å². The third-order valence-corrected chi connectivity index (χ3v) is 4.65. The van der Waals surface area contributed by atoms with Gasteiger partial charge in [0.15, 0.2) is 0 Å². The summed E-state index contributed by atoms with van der Waals surface area (Å²) in [6.45, 7) is 2.86. The minimum absolute atomic E-state index is 0.261. The number of aryl methyl sites for hydroxylation is 1. The zero-order valence-electron chi connectivity index (χ0n) is 14.9. The molecule has 6 heteroatoms. The molecule has 0 radical (unpaired) electrons. The highest BCUT2D eigenvalue weighted by Crippen LogP contribution is 2.37. The number of hydrogen-bond acceptors (Lipinski definition) is 4. The van der Waals surface area contributed by atoms with E-state index in [4.69, 9.17) is 4.74 Å². The van der Waals surface area contributed by atoms with Crippen molar-refractivity contribution in [3.8, 4) is 11.6 Å². The summed E-state index contributed by atoms with van der Waals surface area (Å²) in [7, 11) is 0. The van der Waals surface area contributed by atoms with Gasteiger partial charge in [-0.1, -0.05) is 48.5 Å². The Kier molecular flexibility index (Phi) is 4.46. The number of hydrogen-bond donors (Lipinski definition) is 0. The number of carbonyl (C=O) groups excluding carboxylic acids is 2. The second-order valence-electron chi connectivity index (χ2n) is 6.34. The second kappa shape index (κ2) is 7.07. The van der Waals surface area contributed by atoms with Crippen molar-refractivity contribution in [2.24, 2.45) is 0 Å². The van der Waals surface area contributed by atoms with Crippen LogP contribution in [0.1, 0.15) is 34.5 Å². The summed E-state index contributed by atoms with van der Waals surface area (Å²) in [5.41, 5.74) is 1.95. The Morgan fingerprint density at radius 3 is 2.59 bits per heavy atom. The lowest BCUT2D eigenvalue weighted by atomic mass is 10.0. The average Bonchev–Trinajstić information content (AvgIpc) is 3.11. The fraction of sp³-hybridized carbons (Fsp3) is 0.190. The number of carbonyl (C=O) groups is 2. The lowest BCUT2D eigenvalue weighted by Crippen LogP contribution is -2.36. The number of ether oxygens (including phenoxy) is 1. The molecule has 0 N–H and O–H groups in total. The number of nitrogens with zero attached hydrogens (tertiary/aromatic N) is 3. The number of amides is 1. The first kappa shape index (κ1) is 17.0. The van der Waals surface area contributed by atoms with Gasteiger partial charge in [0.05, 0.1) is 0 Å². The molecular formula is C21H19N3O3. The standard InChI is InChI=1S/C21H19N3O3/c1-2-23-13-17-20(22-23)27-19-11-7-6-10-16(19)18(14-25)24(21(17)26)12-15-8-4-3-5-9-15/h3-11,13-14,18H,2,12H2,1H3. The van der Waals surface area contributed by atoms with E-state index < -0.39 is 6.04 Å². The normalized spacial score (nSPS) is 16.0. The topological polar surface area (TPSA) is 64.4 Å². The van der Waals surface area contributed by atoms with E-state index in [1.54, 1.807) is 21.8 Å². The Labute approximate surface area is 157 Å². The number of benzene rings is 2. The fourth-order valence-corrected chi connectivity index (χ4v) is 3.26. The monoisotopic (exact) mass is 361 g/mol. The molecule has 4 rings (SSSR count). The van der Waals surface area contributed by atoms with Crippen LogP contribution in [0.25, 0.3) is 0 Å². The molecule has 1 atom stereocenters. The van der Waals surface area contributed by atoms with Gasteiger partial charge in [0, 0.05) is 24.8 Å². The van der Waals surface area contributed by atoms with Crippen LogP contribution in [0.15, 0.2) is 60.8 Å². The highest BCUT2D eigenvalue weighted by atomic mass is 16.5. The molecule has 3 aromatic rings. The SMILES string of the molecule is CCn1cc2c(n1)Oc1ccccc1C(C=O)N(Cc1ccccc1)C2=O. The van der Waals surface area contributed by atoms with Crippen LogP contribution >= 0.6 is 0 Å². The van der Waals surface area contributed by atoms with E-state index in [-0.39, 0.29) is 11.8 Å². The molecule has 6 nitrogen and oxygen atoms in total. The van der Waals surface area contributed by atoms with Gasteiger partial charge in [-0.15, -0.1) is 5.10 Å². The first-order valence-electron chi connectivity index (χ1n) is 8.85.